The van der Waals surface area contributed by atoms with E-state index in [1.807, 2.05) is 6.07 Å². The minimum absolute atomic E-state index is 0.318. The van der Waals surface area contributed by atoms with Crippen molar-refractivity contribution in [2.75, 3.05) is 43.7 Å². The van der Waals surface area contributed by atoms with Gasteiger partial charge >= 0.3 is 0 Å². The van der Waals surface area contributed by atoms with Crippen LogP contribution in [0.5, 0.6) is 0 Å². The number of nitrogens with zero attached hydrogens (tertiary/aromatic N) is 1. The van der Waals surface area contributed by atoms with E-state index in [2.05, 4.69) is 53.9 Å². The van der Waals surface area contributed by atoms with Gasteiger partial charge in [-0.05, 0) is 26.2 Å². The average Bonchev–Trinajstić information content (AvgIpc) is 2.73. The maximum Gasteiger partial charge on any atom is 0.122 e. The molecule has 1 aromatic heterocycles. The molecule has 0 bridgehead atoms. The maximum atomic E-state index is 5.53. The van der Waals surface area contributed by atoms with Crippen LogP contribution < -0.4 is 5.32 Å². The second-order valence-electron chi connectivity index (χ2n) is 4.75. The van der Waals surface area contributed by atoms with Gasteiger partial charge < -0.3 is 9.73 Å². The Morgan fingerprint density at radius 3 is 2.67 bits per heavy atom. The Labute approximate surface area is 118 Å². The minimum Gasteiger partial charge on any atom is -0.468 e. The second kappa shape index (κ2) is 7.48. The monoisotopic (exact) mass is 286 g/mol. The van der Waals surface area contributed by atoms with Gasteiger partial charge in [0.2, 0.25) is 0 Å². The summed E-state index contributed by atoms with van der Waals surface area (Å²) in [5.74, 6) is 6.08. The van der Waals surface area contributed by atoms with Crippen molar-refractivity contribution in [1.82, 2.24) is 10.2 Å². The average molecular weight is 286 g/mol. The molecular weight excluding hydrogens is 264 g/mol. The third-order valence-electron chi connectivity index (χ3n) is 3.10. The van der Waals surface area contributed by atoms with Crippen LogP contribution in [-0.4, -0.2) is 54.6 Å². The lowest BCUT2D eigenvalue weighted by Gasteiger charge is -2.25. The number of likely N-dealkylation sites (N-methyl/N-ethyl adjacent to an activating group) is 1. The summed E-state index contributed by atoms with van der Waals surface area (Å²) < 4.78 is 5.53. The SMILES string of the molecule is CN(C)C(CNC1CSCCSC1)c1ccco1. The first-order chi connectivity index (χ1) is 8.77. The van der Waals surface area contributed by atoms with Crippen molar-refractivity contribution in [2.45, 2.75) is 12.1 Å². The lowest BCUT2D eigenvalue weighted by atomic mass is 10.2. The van der Waals surface area contributed by atoms with Crippen LogP contribution >= 0.6 is 23.5 Å². The first-order valence-electron chi connectivity index (χ1n) is 6.36. The van der Waals surface area contributed by atoms with Crippen LogP contribution in [0.25, 0.3) is 0 Å². The van der Waals surface area contributed by atoms with Crippen LogP contribution in [0.1, 0.15) is 11.8 Å². The number of rotatable bonds is 5. The Kier molecular flexibility index (Phi) is 5.95. The molecule has 0 radical (unpaired) electrons. The highest BCUT2D eigenvalue weighted by Gasteiger charge is 2.19. The standard InChI is InChI=1S/C13H22N2OS2/c1-15(2)12(13-4-3-5-16-13)8-14-11-9-17-6-7-18-10-11/h3-5,11-12,14H,6-10H2,1-2H3. The van der Waals surface area contributed by atoms with Gasteiger partial charge in [-0.1, -0.05) is 0 Å². The fraction of sp³-hybridized carbons (Fsp3) is 0.692. The van der Waals surface area contributed by atoms with Crippen LogP contribution in [0.4, 0.5) is 0 Å². The van der Waals surface area contributed by atoms with Gasteiger partial charge in [0.25, 0.3) is 0 Å². The van der Waals surface area contributed by atoms with E-state index in [1.54, 1.807) is 6.26 Å². The molecule has 1 N–H and O–H groups in total. The van der Waals surface area contributed by atoms with Crippen molar-refractivity contribution < 1.29 is 4.42 Å². The van der Waals surface area contributed by atoms with Crippen molar-refractivity contribution in [3.63, 3.8) is 0 Å². The molecule has 0 saturated carbocycles. The molecule has 2 rings (SSSR count). The largest absolute Gasteiger partial charge is 0.468 e. The van der Waals surface area contributed by atoms with Crippen LogP contribution in [0.3, 0.4) is 0 Å². The van der Waals surface area contributed by atoms with Gasteiger partial charge in [-0.25, -0.2) is 0 Å². The molecule has 1 aliphatic heterocycles. The molecule has 0 amide bonds. The van der Waals surface area contributed by atoms with Crippen LogP contribution in [0.15, 0.2) is 22.8 Å². The molecule has 1 saturated heterocycles. The molecule has 0 aromatic carbocycles. The molecule has 1 unspecified atom stereocenters. The number of hydrogen-bond donors (Lipinski definition) is 1. The Hall–Kier alpha value is -0.100. The summed E-state index contributed by atoms with van der Waals surface area (Å²) in [5.41, 5.74) is 0. The maximum absolute atomic E-state index is 5.53. The van der Waals surface area contributed by atoms with E-state index in [1.165, 1.54) is 23.0 Å². The van der Waals surface area contributed by atoms with Crippen LogP contribution in [0.2, 0.25) is 0 Å². The zero-order chi connectivity index (χ0) is 12.8. The van der Waals surface area contributed by atoms with Crippen molar-refractivity contribution in [2.24, 2.45) is 0 Å². The summed E-state index contributed by atoms with van der Waals surface area (Å²) in [6.07, 6.45) is 1.75. The van der Waals surface area contributed by atoms with E-state index in [0.717, 1.165) is 12.3 Å². The first kappa shape index (κ1) is 14.3. The number of furan rings is 1. The molecule has 2 heterocycles. The van der Waals surface area contributed by atoms with E-state index < -0.39 is 0 Å². The van der Waals surface area contributed by atoms with Gasteiger partial charge in [-0.2, -0.15) is 23.5 Å². The summed E-state index contributed by atoms with van der Waals surface area (Å²) in [4.78, 5) is 2.21. The van der Waals surface area contributed by atoms with E-state index in [0.29, 0.717) is 12.1 Å². The topological polar surface area (TPSA) is 28.4 Å². The number of nitrogens with one attached hydrogen (secondary N) is 1. The Balaban J connectivity index is 1.85. The molecule has 18 heavy (non-hydrogen) atoms. The summed E-state index contributed by atoms with van der Waals surface area (Å²) in [6.45, 7) is 0.951. The third kappa shape index (κ3) is 4.23. The Morgan fingerprint density at radius 1 is 1.39 bits per heavy atom. The zero-order valence-corrected chi connectivity index (χ0v) is 12.7. The van der Waals surface area contributed by atoms with Gasteiger partial charge in [0.1, 0.15) is 5.76 Å². The quantitative estimate of drug-likeness (QED) is 0.897. The van der Waals surface area contributed by atoms with E-state index >= 15 is 0 Å². The van der Waals surface area contributed by atoms with Gasteiger partial charge in [0.15, 0.2) is 0 Å². The zero-order valence-electron chi connectivity index (χ0n) is 11.1. The lowest BCUT2D eigenvalue weighted by Crippen LogP contribution is -2.39. The fourth-order valence-electron chi connectivity index (χ4n) is 2.03. The molecule has 3 nitrogen and oxygen atoms in total. The molecule has 5 heteroatoms. The number of thioether (sulfide) groups is 2. The lowest BCUT2D eigenvalue weighted by molar-refractivity contribution is 0.247. The molecule has 0 spiro atoms. The summed E-state index contributed by atoms with van der Waals surface area (Å²) in [5, 5.41) is 3.69. The van der Waals surface area contributed by atoms with Crippen molar-refractivity contribution in [3.8, 4) is 0 Å². The Morgan fingerprint density at radius 2 is 2.11 bits per heavy atom. The van der Waals surface area contributed by atoms with Gasteiger partial charge in [0, 0.05) is 35.6 Å². The predicted octanol–water partition coefficient (Wildman–Crippen LogP) is 2.32. The molecule has 102 valence electrons. The molecule has 1 aliphatic rings. The predicted molar refractivity (Wildman–Crippen MR) is 81.6 cm³/mol. The van der Waals surface area contributed by atoms with E-state index in [-0.39, 0.29) is 0 Å². The highest BCUT2D eigenvalue weighted by atomic mass is 32.2. The summed E-state index contributed by atoms with van der Waals surface area (Å²) >= 11 is 4.12. The Bertz CT molecular complexity index is 322. The van der Waals surface area contributed by atoms with Crippen molar-refractivity contribution in [3.05, 3.63) is 24.2 Å². The van der Waals surface area contributed by atoms with Crippen LogP contribution in [-0.2, 0) is 0 Å². The molecule has 1 atom stereocenters. The van der Waals surface area contributed by atoms with E-state index in [9.17, 15) is 0 Å². The molecule has 1 aromatic rings. The van der Waals surface area contributed by atoms with Gasteiger partial charge in [0.05, 0.1) is 12.3 Å². The minimum atomic E-state index is 0.318. The van der Waals surface area contributed by atoms with Gasteiger partial charge in [-0.15, -0.1) is 0 Å². The third-order valence-corrected chi connectivity index (χ3v) is 5.63. The highest BCUT2D eigenvalue weighted by molar-refractivity contribution is 8.03. The molecule has 1 fully saturated rings. The summed E-state index contributed by atoms with van der Waals surface area (Å²) in [7, 11) is 4.21. The second-order valence-corrected chi connectivity index (χ2v) is 7.05. The normalized spacial score (nSPS) is 19.9. The molecular formula is C13H22N2OS2. The highest BCUT2D eigenvalue weighted by Crippen LogP contribution is 2.20. The first-order valence-corrected chi connectivity index (χ1v) is 8.67. The molecule has 0 aliphatic carbocycles. The van der Waals surface area contributed by atoms with Gasteiger partial charge in [-0.3, -0.25) is 4.90 Å². The fourth-order valence-corrected chi connectivity index (χ4v) is 4.50. The van der Waals surface area contributed by atoms with Crippen molar-refractivity contribution >= 4 is 23.5 Å². The smallest absolute Gasteiger partial charge is 0.122 e. The van der Waals surface area contributed by atoms with Crippen molar-refractivity contribution in [1.29, 1.82) is 0 Å². The summed E-state index contributed by atoms with van der Waals surface area (Å²) in [6, 6.07) is 4.96. The van der Waals surface area contributed by atoms with E-state index in [4.69, 9.17) is 4.42 Å². The van der Waals surface area contributed by atoms with Crippen LogP contribution in [0, 0.1) is 0 Å². The number of hydrogen-bond acceptors (Lipinski definition) is 5.